The molecule has 0 saturated carbocycles. The van der Waals surface area contributed by atoms with E-state index in [0.29, 0.717) is 5.92 Å². The average Bonchev–Trinajstić information content (AvgIpc) is 3.06. The fourth-order valence-electron chi connectivity index (χ4n) is 3.01. The predicted octanol–water partition coefficient (Wildman–Crippen LogP) is 3.93. The Kier molecular flexibility index (Phi) is 11.7. The zero-order valence-electron chi connectivity index (χ0n) is 15.1. The second-order valence-corrected chi connectivity index (χ2v) is 7.35. The summed E-state index contributed by atoms with van der Waals surface area (Å²) in [5, 5.41) is 8.96. The molecule has 2 rings (SSSR count). The summed E-state index contributed by atoms with van der Waals surface area (Å²) in [4.78, 5) is 8.88. The molecule has 1 aromatic heterocycles. The number of unbranched alkanes of at least 4 members (excludes halogenated alkanes) is 1. The Morgan fingerprint density at radius 1 is 1.38 bits per heavy atom. The number of halogens is 1. The van der Waals surface area contributed by atoms with Crippen LogP contribution in [0.1, 0.15) is 44.4 Å². The molecule has 1 unspecified atom stereocenters. The molecule has 0 radical (unpaired) electrons. The third-order valence-corrected chi connectivity index (χ3v) is 5.10. The second kappa shape index (κ2) is 12.9. The summed E-state index contributed by atoms with van der Waals surface area (Å²) in [5.74, 6) is 1.67. The van der Waals surface area contributed by atoms with E-state index in [1.165, 1.54) is 43.6 Å². The molecule has 0 amide bonds. The zero-order chi connectivity index (χ0) is 16.3. The molecule has 1 fully saturated rings. The highest BCUT2D eigenvalue weighted by Crippen LogP contribution is 2.20. The lowest BCUT2D eigenvalue weighted by molar-refractivity contribution is 0.172. The van der Waals surface area contributed by atoms with Crippen LogP contribution in [0.4, 0.5) is 0 Å². The first-order chi connectivity index (χ1) is 11.3. The summed E-state index contributed by atoms with van der Waals surface area (Å²) in [6.07, 6.45) is 5.01. The van der Waals surface area contributed by atoms with Crippen LogP contribution >= 0.6 is 35.3 Å². The molecule has 0 aliphatic carbocycles. The molecule has 4 nitrogen and oxygen atoms in total. The van der Waals surface area contributed by atoms with Crippen LogP contribution in [-0.4, -0.2) is 43.6 Å². The molecular weight excluding hydrogens is 431 g/mol. The highest BCUT2D eigenvalue weighted by atomic mass is 127. The van der Waals surface area contributed by atoms with Gasteiger partial charge in [0.05, 0.1) is 0 Å². The van der Waals surface area contributed by atoms with Crippen molar-refractivity contribution in [3.05, 3.63) is 22.4 Å². The number of hydrogen-bond donors (Lipinski definition) is 2. The smallest absolute Gasteiger partial charge is 0.191 e. The summed E-state index contributed by atoms with van der Waals surface area (Å²) in [5.41, 5.74) is 0. The summed E-state index contributed by atoms with van der Waals surface area (Å²) in [6.45, 7) is 10.7. The Morgan fingerprint density at radius 3 is 2.96 bits per heavy atom. The Morgan fingerprint density at radius 2 is 2.25 bits per heavy atom. The van der Waals surface area contributed by atoms with Crippen LogP contribution in [-0.2, 0) is 6.54 Å². The van der Waals surface area contributed by atoms with Gasteiger partial charge < -0.3 is 10.6 Å². The first-order valence-corrected chi connectivity index (χ1v) is 9.96. The maximum absolute atomic E-state index is 4.81. The van der Waals surface area contributed by atoms with Crippen molar-refractivity contribution in [2.45, 2.75) is 46.1 Å². The third kappa shape index (κ3) is 8.16. The first-order valence-electron chi connectivity index (χ1n) is 9.08. The van der Waals surface area contributed by atoms with E-state index in [2.05, 4.69) is 46.9 Å². The molecule has 1 aromatic rings. The second-order valence-electron chi connectivity index (χ2n) is 6.32. The maximum atomic E-state index is 4.81. The minimum absolute atomic E-state index is 0. The molecule has 1 atom stereocenters. The van der Waals surface area contributed by atoms with Crippen molar-refractivity contribution in [3.8, 4) is 0 Å². The van der Waals surface area contributed by atoms with Gasteiger partial charge in [-0.3, -0.25) is 9.89 Å². The van der Waals surface area contributed by atoms with Gasteiger partial charge in [0, 0.05) is 37.6 Å². The Hall–Kier alpha value is -0.340. The molecule has 0 bridgehead atoms. The molecular formula is C18H33IN4S. The number of hydrogen-bond acceptors (Lipinski definition) is 3. The number of rotatable bonds is 8. The first kappa shape index (κ1) is 21.7. The van der Waals surface area contributed by atoms with Crippen molar-refractivity contribution < 1.29 is 0 Å². The number of guanidine groups is 1. The molecule has 2 heterocycles. The van der Waals surface area contributed by atoms with E-state index < -0.39 is 0 Å². The lowest BCUT2D eigenvalue weighted by Gasteiger charge is -2.31. The van der Waals surface area contributed by atoms with Crippen LogP contribution in [0, 0.1) is 5.92 Å². The topological polar surface area (TPSA) is 39.7 Å². The van der Waals surface area contributed by atoms with Crippen LogP contribution in [0.5, 0.6) is 0 Å². The van der Waals surface area contributed by atoms with Gasteiger partial charge in [0.15, 0.2) is 5.96 Å². The van der Waals surface area contributed by atoms with Gasteiger partial charge in [-0.2, -0.15) is 0 Å². The van der Waals surface area contributed by atoms with Crippen LogP contribution < -0.4 is 10.6 Å². The van der Waals surface area contributed by atoms with Gasteiger partial charge in [0.2, 0.25) is 0 Å². The van der Waals surface area contributed by atoms with E-state index >= 15 is 0 Å². The highest BCUT2D eigenvalue weighted by Gasteiger charge is 2.20. The summed E-state index contributed by atoms with van der Waals surface area (Å²) in [7, 11) is 0. The van der Waals surface area contributed by atoms with Crippen LogP contribution in [0.15, 0.2) is 22.5 Å². The van der Waals surface area contributed by atoms with E-state index in [9.17, 15) is 0 Å². The van der Waals surface area contributed by atoms with Crippen molar-refractivity contribution in [1.82, 2.24) is 15.5 Å². The molecule has 24 heavy (non-hydrogen) atoms. The van der Waals surface area contributed by atoms with Crippen molar-refractivity contribution in [3.63, 3.8) is 0 Å². The minimum Gasteiger partial charge on any atom is -0.357 e. The fourth-order valence-corrected chi connectivity index (χ4v) is 3.76. The van der Waals surface area contributed by atoms with Crippen LogP contribution in [0.3, 0.4) is 0 Å². The molecule has 1 aliphatic rings. The molecule has 138 valence electrons. The van der Waals surface area contributed by atoms with Gasteiger partial charge in [-0.1, -0.05) is 19.4 Å². The molecule has 1 saturated heterocycles. The number of likely N-dealkylation sites (tertiary alicyclic amines) is 1. The Balaban J connectivity index is 0.00000288. The van der Waals surface area contributed by atoms with E-state index in [4.69, 9.17) is 4.99 Å². The molecule has 6 heteroatoms. The SMILES string of the molecule is CCCCNC(=NCC1CCCN(Cc2cccs2)C1)NCC.I. The number of nitrogens with zero attached hydrogens (tertiary/aromatic N) is 2. The summed E-state index contributed by atoms with van der Waals surface area (Å²) >= 11 is 1.86. The lowest BCUT2D eigenvalue weighted by atomic mass is 9.98. The van der Waals surface area contributed by atoms with Gasteiger partial charge in [0.1, 0.15) is 0 Å². The van der Waals surface area contributed by atoms with Gasteiger partial charge in [0.25, 0.3) is 0 Å². The highest BCUT2D eigenvalue weighted by molar-refractivity contribution is 14.0. The quantitative estimate of drug-likeness (QED) is 0.265. The molecule has 1 aliphatic heterocycles. The van der Waals surface area contributed by atoms with Gasteiger partial charge in [-0.15, -0.1) is 35.3 Å². The number of aliphatic imine (C=N–C) groups is 1. The van der Waals surface area contributed by atoms with Crippen LogP contribution in [0.25, 0.3) is 0 Å². The third-order valence-electron chi connectivity index (χ3n) is 4.24. The number of thiophene rings is 1. The van der Waals surface area contributed by atoms with Gasteiger partial charge >= 0.3 is 0 Å². The maximum Gasteiger partial charge on any atom is 0.191 e. The molecule has 2 N–H and O–H groups in total. The van der Waals surface area contributed by atoms with Gasteiger partial charge in [-0.05, 0) is 50.1 Å². The fraction of sp³-hybridized carbons (Fsp3) is 0.722. The average molecular weight is 464 g/mol. The van der Waals surface area contributed by atoms with Crippen molar-refractivity contribution in [2.75, 3.05) is 32.7 Å². The number of nitrogens with one attached hydrogen (secondary N) is 2. The molecule has 0 spiro atoms. The van der Waals surface area contributed by atoms with E-state index in [-0.39, 0.29) is 24.0 Å². The van der Waals surface area contributed by atoms with E-state index in [1.807, 2.05) is 11.3 Å². The minimum atomic E-state index is 0. The monoisotopic (exact) mass is 464 g/mol. The Labute approximate surface area is 168 Å². The van der Waals surface area contributed by atoms with Crippen molar-refractivity contribution in [1.29, 1.82) is 0 Å². The van der Waals surface area contributed by atoms with E-state index in [1.54, 1.807) is 0 Å². The summed E-state index contributed by atoms with van der Waals surface area (Å²) < 4.78 is 0. The van der Waals surface area contributed by atoms with E-state index in [0.717, 1.165) is 32.1 Å². The van der Waals surface area contributed by atoms with Crippen LogP contribution in [0.2, 0.25) is 0 Å². The van der Waals surface area contributed by atoms with Crippen molar-refractivity contribution >= 4 is 41.3 Å². The zero-order valence-corrected chi connectivity index (χ0v) is 18.2. The largest absolute Gasteiger partial charge is 0.357 e. The Bertz CT molecular complexity index is 450. The molecule has 0 aromatic carbocycles. The normalized spacial score (nSPS) is 18.9. The standard InChI is InChI=1S/C18H32N4S.HI/c1-3-5-10-20-18(19-4-2)21-13-16-8-6-11-22(14-16)15-17-9-7-12-23-17;/h7,9,12,16H,3-6,8,10-11,13-15H2,1-2H3,(H2,19,20,21);1H. The predicted molar refractivity (Wildman–Crippen MR) is 117 cm³/mol. The van der Waals surface area contributed by atoms with Gasteiger partial charge in [-0.25, -0.2) is 0 Å². The van der Waals surface area contributed by atoms with Crippen molar-refractivity contribution in [2.24, 2.45) is 10.9 Å². The lowest BCUT2D eigenvalue weighted by Crippen LogP contribution is -2.39. The number of piperidine rings is 1. The summed E-state index contributed by atoms with van der Waals surface area (Å²) in [6, 6.07) is 4.39.